The average molecular weight is 258 g/mol. The number of benzene rings is 1. The lowest BCUT2D eigenvalue weighted by Gasteiger charge is -2.13. The monoisotopic (exact) mass is 257 g/mol. The third-order valence-corrected chi connectivity index (χ3v) is 3.42. The highest BCUT2D eigenvalue weighted by molar-refractivity contribution is 6.33. The lowest BCUT2D eigenvalue weighted by molar-refractivity contribution is 0.0931. The van der Waals surface area contributed by atoms with Crippen LogP contribution in [0.2, 0.25) is 5.02 Å². The first kappa shape index (κ1) is 12.3. The van der Waals surface area contributed by atoms with E-state index in [9.17, 15) is 9.18 Å². The predicted molar refractivity (Wildman–Crippen MR) is 62.5 cm³/mol. The van der Waals surface area contributed by atoms with Crippen LogP contribution in [0, 0.1) is 11.2 Å². The SMILES string of the molecule is O=C(NCC1(CO)CC1)c1c(F)cccc1Cl. The average Bonchev–Trinajstić information content (AvgIpc) is 3.07. The molecule has 0 heterocycles. The Morgan fingerprint density at radius 1 is 1.53 bits per heavy atom. The van der Waals surface area contributed by atoms with Gasteiger partial charge in [0.05, 0.1) is 17.2 Å². The summed E-state index contributed by atoms with van der Waals surface area (Å²) in [7, 11) is 0. The van der Waals surface area contributed by atoms with Crippen LogP contribution in [0.5, 0.6) is 0 Å². The highest BCUT2D eigenvalue weighted by atomic mass is 35.5. The summed E-state index contributed by atoms with van der Waals surface area (Å²) in [5.74, 6) is -1.17. The summed E-state index contributed by atoms with van der Waals surface area (Å²) in [5, 5.41) is 11.8. The Labute approximate surface area is 104 Å². The van der Waals surface area contributed by atoms with Crippen molar-refractivity contribution in [1.82, 2.24) is 5.32 Å². The minimum atomic E-state index is -0.635. The Hall–Kier alpha value is -1.13. The number of carbonyl (C=O) groups excluding carboxylic acids is 1. The second-order valence-electron chi connectivity index (χ2n) is 4.44. The molecule has 1 aliphatic rings. The van der Waals surface area contributed by atoms with E-state index in [-0.39, 0.29) is 22.6 Å². The molecular weight excluding hydrogens is 245 g/mol. The van der Waals surface area contributed by atoms with Crippen LogP contribution in [0.15, 0.2) is 18.2 Å². The Balaban J connectivity index is 2.05. The maximum Gasteiger partial charge on any atom is 0.255 e. The molecule has 0 saturated heterocycles. The van der Waals surface area contributed by atoms with Gasteiger partial charge in [0, 0.05) is 12.0 Å². The molecule has 0 bridgehead atoms. The van der Waals surface area contributed by atoms with E-state index in [0.29, 0.717) is 6.54 Å². The van der Waals surface area contributed by atoms with E-state index >= 15 is 0 Å². The van der Waals surface area contributed by atoms with Crippen LogP contribution < -0.4 is 5.32 Å². The third-order valence-electron chi connectivity index (χ3n) is 3.11. The van der Waals surface area contributed by atoms with Crippen LogP contribution in [0.4, 0.5) is 4.39 Å². The molecule has 17 heavy (non-hydrogen) atoms. The fourth-order valence-corrected chi connectivity index (χ4v) is 1.89. The van der Waals surface area contributed by atoms with E-state index in [4.69, 9.17) is 16.7 Å². The Morgan fingerprint density at radius 2 is 2.24 bits per heavy atom. The molecule has 1 aromatic carbocycles. The number of halogens is 2. The summed E-state index contributed by atoms with van der Waals surface area (Å²) in [6.45, 7) is 0.394. The summed E-state index contributed by atoms with van der Waals surface area (Å²) >= 11 is 5.77. The number of rotatable bonds is 4. The normalized spacial score (nSPS) is 16.6. The van der Waals surface area contributed by atoms with Gasteiger partial charge in [-0.2, -0.15) is 0 Å². The molecule has 1 fully saturated rings. The van der Waals surface area contributed by atoms with Gasteiger partial charge < -0.3 is 10.4 Å². The van der Waals surface area contributed by atoms with E-state index in [2.05, 4.69) is 5.32 Å². The molecule has 92 valence electrons. The Bertz CT molecular complexity index is 426. The van der Waals surface area contributed by atoms with Crippen molar-refractivity contribution in [1.29, 1.82) is 0 Å². The smallest absolute Gasteiger partial charge is 0.255 e. The van der Waals surface area contributed by atoms with Crippen LogP contribution in [-0.4, -0.2) is 24.2 Å². The van der Waals surface area contributed by atoms with Crippen molar-refractivity contribution in [3.63, 3.8) is 0 Å². The topological polar surface area (TPSA) is 49.3 Å². The van der Waals surface area contributed by atoms with Gasteiger partial charge in [-0.05, 0) is 25.0 Å². The molecule has 1 amide bonds. The molecular formula is C12H13ClFNO2. The lowest BCUT2D eigenvalue weighted by Crippen LogP contribution is -2.32. The molecule has 1 saturated carbocycles. The van der Waals surface area contributed by atoms with Crippen LogP contribution >= 0.6 is 11.6 Å². The van der Waals surface area contributed by atoms with Gasteiger partial charge in [-0.15, -0.1) is 0 Å². The third kappa shape index (κ3) is 2.58. The summed E-state index contributed by atoms with van der Waals surface area (Å²) in [6, 6.07) is 4.11. The van der Waals surface area contributed by atoms with Crippen LogP contribution in [-0.2, 0) is 0 Å². The van der Waals surface area contributed by atoms with Crippen molar-refractivity contribution in [2.24, 2.45) is 5.41 Å². The van der Waals surface area contributed by atoms with Gasteiger partial charge in [-0.1, -0.05) is 17.7 Å². The van der Waals surface area contributed by atoms with Gasteiger partial charge in [0.2, 0.25) is 0 Å². The van der Waals surface area contributed by atoms with Crippen molar-refractivity contribution in [2.45, 2.75) is 12.8 Å². The standard InChI is InChI=1S/C12H13ClFNO2/c13-8-2-1-3-9(14)10(8)11(17)15-6-12(7-16)4-5-12/h1-3,16H,4-7H2,(H,15,17). The molecule has 2 rings (SSSR count). The zero-order valence-electron chi connectivity index (χ0n) is 9.17. The number of amides is 1. The van der Waals surface area contributed by atoms with E-state index in [1.807, 2.05) is 0 Å². The first-order valence-corrected chi connectivity index (χ1v) is 5.79. The van der Waals surface area contributed by atoms with E-state index < -0.39 is 11.7 Å². The van der Waals surface area contributed by atoms with E-state index in [1.165, 1.54) is 18.2 Å². The number of aliphatic hydroxyl groups is 1. The molecule has 3 nitrogen and oxygen atoms in total. The van der Waals surface area contributed by atoms with Crippen molar-refractivity contribution in [3.8, 4) is 0 Å². The molecule has 0 atom stereocenters. The second-order valence-corrected chi connectivity index (χ2v) is 4.84. The quantitative estimate of drug-likeness (QED) is 0.867. The zero-order chi connectivity index (χ0) is 12.5. The van der Waals surface area contributed by atoms with Gasteiger partial charge in [0.1, 0.15) is 5.82 Å². The Morgan fingerprint density at radius 3 is 2.76 bits per heavy atom. The van der Waals surface area contributed by atoms with Gasteiger partial charge >= 0.3 is 0 Å². The van der Waals surface area contributed by atoms with E-state index in [1.54, 1.807) is 0 Å². The maximum atomic E-state index is 13.4. The van der Waals surface area contributed by atoms with Crippen molar-refractivity contribution >= 4 is 17.5 Å². The summed E-state index contributed by atoms with van der Waals surface area (Å²) in [4.78, 5) is 11.8. The fraction of sp³-hybridized carbons (Fsp3) is 0.417. The maximum absolute atomic E-state index is 13.4. The van der Waals surface area contributed by atoms with Crippen molar-refractivity contribution in [2.75, 3.05) is 13.2 Å². The molecule has 0 radical (unpaired) electrons. The molecule has 5 heteroatoms. The summed E-state index contributed by atoms with van der Waals surface area (Å²) < 4.78 is 13.4. The van der Waals surface area contributed by atoms with Gasteiger partial charge in [0.25, 0.3) is 5.91 Å². The van der Waals surface area contributed by atoms with E-state index in [0.717, 1.165) is 12.8 Å². The minimum Gasteiger partial charge on any atom is -0.396 e. The number of carbonyl (C=O) groups is 1. The van der Waals surface area contributed by atoms with Crippen molar-refractivity contribution < 1.29 is 14.3 Å². The molecule has 0 aliphatic heterocycles. The molecule has 1 aromatic rings. The summed E-state index contributed by atoms with van der Waals surface area (Å²) in [6.07, 6.45) is 1.77. The lowest BCUT2D eigenvalue weighted by atomic mass is 10.1. The molecule has 0 aromatic heterocycles. The minimum absolute atomic E-state index is 0.0400. The highest BCUT2D eigenvalue weighted by Gasteiger charge is 2.42. The van der Waals surface area contributed by atoms with Gasteiger partial charge in [0.15, 0.2) is 0 Å². The molecule has 0 unspecified atom stereocenters. The molecule has 1 aliphatic carbocycles. The Kier molecular flexibility index (Phi) is 3.35. The zero-order valence-corrected chi connectivity index (χ0v) is 9.93. The highest BCUT2D eigenvalue weighted by Crippen LogP contribution is 2.44. The number of nitrogens with one attached hydrogen (secondary N) is 1. The van der Waals surface area contributed by atoms with Crippen LogP contribution in [0.1, 0.15) is 23.2 Å². The van der Waals surface area contributed by atoms with Crippen LogP contribution in [0.25, 0.3) is 0 Å². The number of hydrogen-bond acceptors (Lipinski definition) is 2. The fourth-order valence-electron chi connectivity index (χ4n) is 1.64. The van der Waals surface area contributed by atoms with Gasteiger partial charge in [-0.25, -0.2) is 4.39 Å². The summed E-state index contributed by atoms with van der Waals surface area (Å²) in [5.41, 5.74) is -0.337. The first-order valence-electron chi connectivity index (χ1n) is 5.41. The second kappa shape index (κ2) is 4.63. The van der Waals surface area contributed by atoms with Crippen molar-refractivity contribution in [3.05, 3.63) is 34.6 Å². The first-order chi connectivity index (χ1) is 8.08. The number of aliphatic hydroxyl groups excluding tert-OH is 1. The largest absolute Gasteiger partial charge is 0.396 e. The van der Waals surface area contributed by atoms with Crippen LogP contribution in [0.3, 0.4) is 0 Å². The molecule has 2 N–H and O–H groups in total. The van der Waals surface area contributed by atoms with Gasteiger partial charge in [-0.3, -0.25) is 4.79 Å². The molecule has 0 spiro atoms. The predicted octanol–water partition coefficient (Wildman–Crippen LogP) is 1.98. The number of hydrogen-bond donors (Lipinski definition) is 2.